The Morgan fingerprint density at radius 2 is 1.83 bits per heavy atom. The van der Waals surface area contributed by atoms with Gasteiger partial charge in [-0.1, -0.05) is 29.8 Å². The van der Waals surface area contributed by atoms with E-state index in [2.05, 4.69) is 0 Å². The highest BCUT2D eigenvalue weighted by molar-refractivity contribution is 6.31. The van der Waals surface area contributed by atoms with Crippen molar-refractivity contribution < 1.29 is 14.4 Å². The van der Waals surface area contributed by atoms with Crippen molar-refractivity contribution in [2.24, 2.45) is 5.92 Å². The topological polar surface area (TPSA) is 81.5 Å². The molecule has 3 amide bonds. The summed E-state index contributed by atoms with van der Waals surface area (Å²) in [6, 6.07) is 14.6. The molecule has 2 aliphatic rings. The number of hydrogen-bond donors (Lipinski definition) is 0. The molecule has 0 N–H and O–H groups in total. The molecule has 1 aliphatic heterocycles. The van der Waals surface area contributed by atoms with E-state index in [1.807, 2.05) is 18.2 Å². The van der Waals surface area contributed by atoms with Gasteiger partial charge in [0.1, 0.15) is 6.04 Å². The zero-order valence-electron chi connectivity index (χ0n) is 15.5. The summed E-state index contributed by atoms with van der Waals surface area (Å²) < 4.78 is 0. The Morgan fingerprint density at radius 1 is 1.14 bits per heavy atom. The normalized spacial score (nSPS) is 18.6. The molecule has 4 rings (SSSR count). The van der Waals surface area contributed by atoms with Crippen LogP contribution in [0.2, 0.25) is 5.02 Å². The molecule has 2 aromatic carbocycles. The average molecular weight is 408 g/mol. The van der Waals surface area contributed by atoms with E-state index in [-0.39, 0.29) is 30.7 Å². The van der Waals surface area contributed by atoms with E-state index < -0.39 is 11.9 Å². The molecule has 7 heteroatoms. The Kier molecular flexibility index (Phi) is 5.08. The molecule has 0 bridgehead atoms. The predicted molar refractivity (Wildman–Crippen MR) is 107 cm³/mol. The minimum absolute atomic E-state index is 0.0677. The molecule has 146 valence electrons. The van der Waals surface area contributed by atoms with Crippen LogP contribution in [0.25, 0.3) is 0 Å². The van der Waals surface area contributed by atoms with Gasteiger partial charge < -0.3 is 4.90 Å². The fourth-order valence-electron chi connectivity index (χ4n) is 3.53. The summed E-state index contributed by atoms with van der Waals surface area (Å²) in [5, 5.41) is 9.46. The molecule has 29 heavy (non-hydrogen) atoms. The molecular weight excluding hydrogens is 390 g/mol. The zero-order valence-corrected chi connectivity index (χ0v) is 16.3. The van der Waals surface area contributed by atoms with Crippen LogP contribution >= 0.6 is 11.6 Å². The fraction of sp³-hybridized carbons (Fsp3) is 0.273. The molecule has 1 heterocycles. The van der Waals surface area contributed by atoms with Crippen LogP contribution in [0.4, 0.5) is 5.69 Å². The monoisotopic (exact) mass is 407 g/mol. The van der Waals surface area contributed by atoms with Gasteiger partial charge in [-0.15, -0.1) is 0 Å². The molecule has 1 atom stereocenters. The Morgan fingerprint density at radius 3 is 2.45 bits per heavy atom. The molecule has 2 aromatic rings. The Labute approximate surface area is 173 Å². The molecule has 2 fully saturated rings. The summed E-state index contributed by atoms with van der Waals surface area (Å²) in [7, 11) is 0. The zero-order chi connectivity index (χ0) is 20.5. The van der Waals surface area contributed by atoms with Crippen molar-refractivity contribution >= 4 is 35.0 Å². The van der Waals surface area contributed by atoms with E-state index in [9.17, 15) is 14.4 Å². The number of nitriles is 1. The van der Waals surface area contributed by atoms with Gasteiger partial charge in [0.15, 0.2) is 0 Å². The fourth-order valence-corrected chi connectivity index (χ4v) is 3.73. The lowest BCUT2D eigenvalue weighted by Gasteiger charge is -2.28. The number of imide groups is 1. The number of carbonyl (C=O) groups is 3. The third-order valence-electron chi connectivity index (χ3n) is 5.26. The van der Waals surface area contributed by atoms with E-state index in [1.54, 1.807) is 36.4 Å². The van der Waals surface area contributed by atoms with Crippen molar-refractivity contribution in [3.8, 4) is 6.07 Å². The van der Waals surface area contributed by atoms with Crippen LogP contribution in [0.15, 0.2) is 48.5 Å². The summed E-state index contributed by atoms with van der Waals surface area (Å²) in [5.74, 6) is -1.000. The average Bonchev–Trinajstić information content (AvgIpc) is 3.53. The van der Waals surface area contributed by atoms with Crippen molar-refractivity contribution in [1.29, 1.82) is 5.26 Å². The van der Waals surface area contributed by atoms with Crippen molar-refractivity contribution in [3.05, 3.63) is 64.7 Å². The number of carbonyl (C=O) groups excluding carboxylic acids is 3. The van der Waals surface area contributed by atoms with Gasteiger partial charge in [-0.3, -0.25) is 14.4 Å². The van der Waals surface area contributed by atoms with Crippen LogP contribution < -0.4 is 4.90 Å². The second-order valence-corrected chi connectivity index (χ2v) is 7.69. The lowest BCUT2D eigenvalue weighted by atomic mass is 10.1. The second kappa shape index (κ2) is 7.69. The smallest absolute Gasteiger partial charge is 0.257 e. The van der Waals surface area contributed by atoms with Crippen molar-refractivity contribution in [3.63, 3.8) is 0 Å². The Balaban J connectivity index is 1.63. The number of rotatable bonds is 5. The van der Waals surface area contributed by atoms with E-state index in [4.69, 9.17) is 16.9 Å². The van der Waals surface area contributed by atoms with Gasteiger partial charge in [-0.25, -0.2) is 4.90 Å². The van der Waals surface area contributed by atoms with E-state index >= 15 is 0 Å². The van der Waals surface area contributed by atoms with Gasteiger partial charge >= 0.3 is 0 Å². The third-order valence-corrected chi connectivity index (χ3v) is 5.63. The summed E-state index contributed by atoms with van der Waals surface area (Å²) in [6.07, 6.45) is 1.53. The maximum Gasteiger partial charge on any atom is 0.257 e. The molecule has 1 aliphatic carbocycles. The van der Waals surface area contributed by atoms with Gasteiger partial charge in [0, 0.05) is 17.5 Å². The summed E-state index contributed by atoms with van der Waals surface area (Å²) in [4.78, 5) is 41.4. The molecule has 0 radical (unpaired) electrons. The molecule has 0 aromatic heterocycles. The quantitative estimate of drug-likeness (QED) is 0.712. The first kappa shape index (κ1) is 19.2. The van der Waals surface area contributed by atoms with Gasteiger partial charge in [0.05, 0.1) is 23.7 Å². The van der Waals surface area contributed by atoms with Gasteiger partial charge in [0.2, 0.25) is 11.8 Å². The molecule has 1 unspecified atom stereocenters. The van der Waals surface area contributed by atoms with Crippen LogP contribution in [-0.4, -0.2) is 28.7 Å². The van der Waals surface area contributed by atoms with Crippen LogP contribution in [0.3, 0.4) is 0 Å². The summed E-state index contributed by atoms with van der Waals surface area (Å²) >= 11 is 6.27. The second-order valence-electron chi connectivity index (χ2n) is 7.28. The van der Waals surface area contributed by atoms with Gasteiger partial charge in [-0.05, 0) is 48.7 Å². The Hall–Kier alpha value is -3.17. The highest BCUT2D eigenvalue weighted by atomic mass is 35.5. The molecule has 1 saturated carbocycles. The highest BCUT2D eigenvalue weighted by Gasteiger charge is 2.46. The Bertz CT molecular complexity index is 1020. The molecule has 1 saturated heterocycles. The third kappa shape index (κ3) is 3.74. The SMILES string of the molecule is N#Cc1ccc(N2C(=O)CC(N(Cc3ccccc3Cl)C(=O)C3CC3)C2=O)cc1. The number of hydrogen-bond acceptors (Lipinski definition) is 4. The van der Waals surface area contributed by atoms with Crippen molar-refractivity contribution in [2.45, 2.75) is 31.8 Å². The first-order chi connectivity index (χ1) is 14.0. The van der Waals surface area contributed by atoms with Gasteiger partial charge in [0.25, 0.3) is 5.91 Å². The number of amides is 3. The predicted octanol–water partition coefficient (Wildman–Crippen LogP) is 3.28. The van der Waals surface area contributed by atoms with Crippen LogP contribution in [0.1, 0.15) is 30.4 Å². The van der Waals surface area contributed by atoms with Crippen LogP contribution in [0, 0.1) is 17.2 Å². The number of anilines is 1. The number of halogens is 1. The summed E-state index contributed by atoms with van der Waals surface area (Å²) in [6.45, 7) is 0.180. The van der Waals surface area contributed by atoms with Crippen LogP contribution in [0.5, 0.6) is 0 Å². The molecule has 6 nitrogen and oxygen atoms in total. The van der Waals surface area contributed by atoms with Crippen molar-refractivity contribution in [2.75, 3.05) is 4.90 Å². The minimum atomic E-state index is -0.859. The number of nitrogens with zero attached hydrogens (tertiary/aromatic N) is 3. The van der Waals surface area contributed by atoms with Crippen LogP contribution in [-0.2, 0) is 20.9 Å². The largest absolute Gasteiger partial charge is 0.325 e. The maximum absolute atomic E-state index is 13.1. The molecular formula is C22H18ClN3O3. The van der Waals surface area contributed by atoms with E-state index in [0.717, 1.165) is 23.3 Å². The lowest BCUT2D eigenvalue weighted by molar-refractivity contribution is -0.140. The van der Waals surface area contributed by atoms with Gasteiger partial charge in [-0.2, -0.15) is 5.26 Å². The standard InChI is InChI=1S/C22H18ClN3O3/c23-18-4-2-1-3-16(18)13-25(21(28)15-7-8-15)19-11-20(27)26(22(19)29)17-9-5-14(12-24)6-10-17/h1-6,9-10,15,19H,7-8,11,13H2. The van der Waals surface area contributed by atoms with E-state index in [0.29, 0.717) is 16.3 Å². The maximum atomic E-state index is 13.1. The molecule has 0 spiro atoms. The highest BCUT2D eigenvalue weighted by Crippen LogP contribution is 2.35. The summed E-state index contributed by atoms with van der Waals surface area (Å²) in [5.41, 5.74) is 1.58. The number of benzene rings is 2. The lowest BCUT2D eigenvalue weighted by Crippen LogP contribution is -2.45. The minimum Gasteiger partial charge on any atom is -0.325 e. The first-order valence-electron chi connectivity index (χ1n) is 9.40. The van der Waals surface area contributed by atoms with E-state index in [1.165, 1.54) is 4.90 Å². The first-order valence-corrected chi connectivity index (χ1v) is 9.78. The van der Waals surface area contributed by atoms with Crippen molar-refractivity contribution in [1.82, 2.24) is 4.90 Å².